The molecule has 0 aliphatic carbocycles. The lowest BCUT2D eigenvalue weighted by molar-refractivity contribution is -0.136. The van der Waals surface area contributed by atoms with Crippen molar-refractivity contribution in [3.05, 3.63) is 120 Å². The van der Waals surface area contributed by atoms with Crippen molar-refractivity contribution in [2.75, 3.05) is 13.2 Å². The number of carbonyl (C=O) groups is 2. The van der Waals surface area contributed by atoms with Gasteiger partial charge in [-0.25, -0.2) is 0 Å². The smallest absolute Gasteiger partial charge is 0.303 e. The molecule has 4 aromatic carbocycles. The van der Waals surface area contributed by atoms with Crippen molar-refractivity contribution in [2.24, 2.45) is 0 Å². The molecule has 39 heavy (non-hydrogen) atoms. The monoisotopic (exact) mass is 523 g/mol. The average Bonchev–Trinajstić information content (AvgIpc) is 2.98. The average molecular weight is 524 g/mol. The fourth-order valence-corrected chi connectivity index (χ4v) is 4.19. The van der Waals surface area contributed by atoms with E-state index in [0.29, 0.717) is 30.9 Å². The normalized spacial score (nSPS) is 10.6. The van der Waals surface area contributed by atoms with Crippen molar-refractivity contribution in [3.8, 4) is 22.6 Å². The predicted octanol–water partition coefficient (Wildman–Crippen LogP) is 6.54. The fraction of sp³-hybridized carbons (Fsp3) is 0.212. The van der Waals surface area contributed by atoms with Gasteiger partial charge in [0.05, 0.1) is 13.2 Å². The molecule has 0 radical (unpaired) electrons. The molecule has 0 fully saturated rings. The third kappa shape index (κ3) is 8.75. The van der Waals surface area contributed by atoms with Gasteiger partial charge in [0, 0.05) is 18.5 Å². The van der Waals surface area contributed by atoms with Crippen LogP contribution in [-0.4, -0.2) is 30.2 Å². The molecule has 0 saturated heterocycles. The van der Waals surface area contributed by atoms with Crippen molar-refractivity contribution < 1.29 is 24.2 Å². The van der Waals surface area contributed by atoms with Crippen molar-refractivity contribution in [1.82, 2.24) is 5.32 Å². The molecule has 6 heteroatoms. The van der Waals surface area contributed by atoms with Gasteiger partial charge in [-0.1, -0.05) is 66.7 Å². The van der Waals surface area contributed by atoms with Crippen LogP contribution in [0.4, 0.5) is 0 Å². The Labute approximate surface area is 229 Å². The SMILES string of the molecule is O=C(O)CCc1ccc(OCCCCOc2cccc(-c3ccccc3)c2)cc1CNC(=O)c1ccccc1. The highest BCUT2D eigenvalue weighted by Gasteiger charge is 2.10. The van der Waals surface area contributed by atoms with E-state index in [1.807, 2.05) is 66.7 Å². The third-order valence-electron chi connectivity index (χ3n) is 6.28. The number of benzene rings is 4. The fourth-order valence-electron chi connectivity index (χ4n) is 4.19. The molecule has 0 atom stereocenters. The Kier molecular flexibility index (Phi) is 10.1. The van der Waals surface area contributed by atoms with Gasteiger partial charge < -0.3 is 19.9 Å². The van der Waals surface area contributed by atoms with E-state index in [2.05, 4.69) is 29.6 Å². The van der Waals surface area contributed by atoms with Gasteiger partial charge in [0.2, 0.25) is 0 Å². The molecule has 0 aliphatic heterocycles. The minimum atomic E-state index is -0.858. The number of aliphatic carboxylic acids is 1. The van der Waals surface area contributed by atoms with Gasteiger partial charge in [-0.15, -0.1) is 0 Å². The Bertz CT molecular complexity index is 1360. The standard InChI is InChI=1S/C33H33NO5/c35-32(36)19-17-26-16-18-31(23-29(26)24-34-33(37)27-12-5-2-6-13-27)39-21-8-7-20-38-30-15-9-14-28(22-30)25-10-3-1-4-11-25/h1-6,9-16,18,22-23H,7-8,17,19-21,24H2,(H,34,37)(H,35,36). The number of rotatable bonds is 14. The van der Waals surface area contributed by atoms with Crippen molar-refractivity contribution in [2.45, 2.75) is 32.2 Å². The summed E-state index contributed by atoms with van der Waals surface area (Å²) >= 11 is 0. The van der Waals surface area contributed by atoms with Crippen LogP contribution in [0.3, 0.4) is 0 Å². The molecule has 2 N–H and O–H groups in total. The van der Waals surface area contributed by atoms with E-state index in [1.54, 1.807) is 12.1 Å². The summed E-state index contributed by atoms with van der Waals surface area (Å²) in [6, 6.07) is 32.9. The van der Waals surface area contributed by atoms with E-state index in [4.69, 9.17) is 14.6 Å². The predicted molar refractivity (Wildman–Crippen MR) is 152 cm³/mol. The number of carbonyl (C=O) groups excluding carboxylic acids is 1. The van der Waals surface area contributed by atoms with E-state index < -0.39 is 5.97 Å². The molecule has 1 amide bonds. The first-order valence-corrected chi connectivity index (χ1v) is 13.2. The highest BCUT2D eigenvalue weighted by molar-refractivity contribution is 5.94. The van der Waals surface area contributed by atoms with Crippen LogP contribution in [0.2, 0.25) is 0 Å². The summed E-state index contributed by atoms with van der Waals surface area (Å²) in [5.74, 6) is 0.495. The van der Waals surface area contributed by atoms with E-state index in [-0.39, 0.29) is 18.9 Å². The summed E-state index contributed by atoms with van der Waals surface area (Å²) in [6.07, 6.45) is 2.06. The number of aryl methyl sites for hydroxylation is 1. The quantitative estimate of drug-likeness (QED) is 0.183. The van der Waals surface area contributed by atoms with Gasteiger partial charge >= 0.3 is 5.97 Å². The zero-order valence-electron chi connectivity index (χ0n) is 21.8. The van der Waals surface area contributed by atoms with Gasteiger partial charge in [-0.3, -0.25) is 9.59 Å². The highest BCUT2D eigenvalue weighted by atomic mass is 16.5. The molecule has 4 aromatic rings. The summed E-state index contributed by atoms with van der Waals surface area (Å²) < 4.78 is 11.9. The first-order valence-electron chi connectivity index (χ1n) is 13.2. The van der Waals surface area contributed by atoms with E-state index in [1.165, 1.54) is 0 Å². The Morgan fingerprint density at radius 1 is 0.667 bits per heavy atom. The largest absolute Gasteiger partial charge is 0.494 e. The molecule has 0 unspecified atom stereocenters. The molecule has 200 valence electrons. The second-order valence-electron chi connectivity index (χ2n) is 9.17. The van der Waals surface area contributed by atoms with Crippen LogP contribution in [0.5, 0.6) is 11.5 Å². The van der Waals surface area contributed by atoms with Crippen molar-refractivity contribution >= 4 is 11.9 Å². The van der Waals surface area contributed by atoms with Gasteiger partial charge in [0.25, 0.3) is 5.91 Å². The number of hydrogen-bond donors (Lipinski definition) is 2. The number of unbranched alkanes of at least 4 members (excludes halogenated alkanes) is 1. The summed E-state index contributed by atoms with van der Waals surface area (Å²) in [4.78, 5) is 23.6. The van der Waals surface area contributed by atoms with Crippen LogP contribution in [-0.2, 0) is 17.8 Å². The molecule has 0 heterocycles. The zero-order valence-corrected chi connectivity index (χ0v) is 21.8. The summed E-state index contributed by atoms with van der Waals surface area (Å²) in [5.41, 5.74) is 4.58. The number of carboxylic acid groups (broad SMARTS) is 1. The lowest BCUT2D eigenvalue weighted by Gasteiger charge is -2.14. The van der Waals surface area contributed by atoms with Crippen LogP contribution >= 0.6 is 0 Å². The zero-order chi connectivity index (χ0) is 27.3. The molecule has 0 aromatic heterocycles. The molecular formula is C33H33NO5. The molecule has 0 aliphatic rings. The van der Waals surface area contributed by atoms with E-state index >= 15 is 0 Å². The molecule has 0 spiro atoms. The molecule has 0 bridgehead atoms. The number of ether oxygens (including phenoxy) is 2. The van der Waals surface area contributed by atoms with E-state index in [9.17, 15) is 9.59 Å². The molecule has 6 nitrogen and oxygen atoms in total. The third-order valence-corrected chi connectivity index (χ3v) is 6.28. The molecular weight excluding hydrogens is 490 g/mol. The number of carboxylic acids is 1. The second kappa shape index (κ2) is 14.4. The van der Waals surface area contributed by atoms with Crippen molar-refractivity contribution in [3.63, 3.8) is 0 Å². The van der Waals surface area contributed by atoms with Crippen molar-refractivity contribution in [1.29, 1.82) is 0 Å². The number of hydrogen-bond acceptors (Lipinski definition) is 4. The summed E-state index contributed by atoms with van der Waals surface area (Å²) in [6.45, 7) is 1.40. The first kappa shape index (κ1) is 27.5. The maximum atomic E-state index is 12.5. The second-order valence-corrected chi connectivity index (χ2v) is 9.17. The lowest BCUT2D eigenvalue weighted by Crippen LogP contribution is -2.23. The maximum Gasteiger partial charge on any atom is 0.303 e. The van der Waals surface area contributed by atoms with Gasteiger partial charge in [-0.2, -0.15) is 0 Å². The Balaban J connectivity index is 1.26. The molecule has 0 saturated carbocycles. The summed E-state index contributed by atoms with van der Waals surface area (Å²) in [5, 5.41) is 12.0. The van der Waals surface area contributed by atoms with Gasteiger partial charge in [-0.05, 0) is 77.9 Å². The van der Waals surface area contributed by atoms with Crippen LogP contribution in [0.1, 0.15) is 40.7 Å². The number of amides is 1. The van der Waals surface area contributed by atoms with Crippen LogP contribution in [0.15, 0.2) is 103 Å². The maximum absolute atomic E-state index is 12.5. The molecule has 4 rings (SSSR count). The topological polar surface area (TPSA) is 84.9 Å². The Hall–Kier alpha value is -4.58. The minimum absolute atomic E-state index is 0.0219. The van der Waals surface area contributed by atoms with Crippen LogP contribution in [0, 0.1) is 0 Å². The van der Waals surface area contributed by atoms with Crippen LogP contribution in [0.25, 0.3) is 11.1 Å². The van der Waals surface area contributed by atoms with Gasteiger partial charge in [0.15, 0.2) is 0 Å². The Morgan fingerprint density at radius 2 is 1.31 bits per heavy atom. The Morgan fingerprint density at radius 3 is 2.00 bits per heavy atom. The van der Waals surface area contributed by atoms with Gasteiger partial charge in [0.1, 0.15) is 11.5 Å². The minimum Gasteiger partial charge on any atom is -0.494 e. The highest BCUT2D eigenvalue weighted by Crippen LogP contribution is 2.24. The number of nitrogens with one attached hydrogen (secondary N) is 1. The summed E-state index contributed by atoms with van der Waals surface area (Å²) in [7, 11) is 0. The van der Waals surface area contributed by atoms with Crippen LogP contribution < -0.4 is 14.8 Å². The van der Waals surface area contributed by atoms with E-state index in [0.717, 1.165) is 40.8 Å². The first-order chi connectivity index (χ1) is 19.1. The lowest BCUT2D eigenvalue weighted by atomic mass is 10.0.